The molecular formula is C22H37N5O2. The van der Waals surface area contributed by atoms with Crippen LogP contribution in [0.1, 0.15) is 70.8 Å². The molecule has 0 unspecified atom stereocenters. The molecule has 2 aliphatic heterocycles. The van der Waals surface area contributed by atoms with Gasteiger partial charge in [0.05, 0.1) is 13.0 Å². The number of nitrogens with two attached hydrogens (primary N) is 1. The zero-order chi connectivity index (χ0) is 20.6. The van der Waals surface area contributed by atoms with Gasteiger partial charge in [0.2, 0.25) is 5.91 Å². The molecule has 1 aromatic rings. The number of fused-ring (bicyclic) bond motifs is 1. The van der Waals surface area contributed by atoms with E-state index in [1.807, 2.05) is 0 Å². The number of ether oxygens (including phenoxy) is 1. The molecule has 0 atom stereocenters. The molecule has 3 rings (SSSR count). The maximum atomic E-state index is 12.5. The molecule has 29 heavy (non-hydrogen) atoms. The lowest BCUT2D eigenvalue weighted by molar-refractivity contribution is -0.117. The van der Waals surface area contributed by atoms with Crippen molar-refractivity contribution in [2.24, 2.45) is 5.92 Å². The summed E-state index contributed by atoms with van der Waals surface area (Å²) in [4.78, 5) is 25.7. The summed E-state index contributed by atoms with van der Waals surface area (Å²) in [6, 6.07) is 0.286. The van der Waals surface area contributed by atoms with E-state index in [-0.39, 0.29) is 11.9 Å². The summed E-state index contributed by atoms with van der Waals surface area (Å²) in [7, 11) is 0. The molecule has 1 aromatic heterocycles. The molecule has 0 aliphatic carbocycles. The first-order valence-electron chi connectivity index (χ1n) is 11.4. The Labute approximate surface area is 175 Å². The van der Waals surface area contributed by atoms with Crippen molar-refractivity contribution < 1.29 is 9.53 Å². The Morgan fingerprint density at radius 3 is 2.55 bits per heavy atom. The first kappa shape index (κ1) is 21.8. The molecule has 1 fully saturated rings. The van der Waals surface area contributed by atoms with E-state index in [1.54, 1.807) is 4.90 Å². The monoisotopic (exact) mass is 403 g/mol. The van der Waals surface area contributed by atoms with Gasteiger partial charge in [0, 0.05) is 12.1 Å². The Kier molecular flexibility index (Phi) is 8.09. The standard InChI is InChI=1S/C22H37N5O2/c1-3-5-11-26-13-9-17(10-14-26)8-7-12-27-19(28)16-18-20(23)24-22(25-21(18)27)29-15-6-4-2/h17H,3-16H2,1-2H3,(H2,23,24,25). The van der Waals surface area contributed by atoms with Gasteiger partial charge in [0.25, 0.3) is 0 Å². The third-order valence-electron chi connectivity index (χ3n) is 6.14. The van der Waals surface area contributed by atoms with Gasteiger partial charge in [-0.25, -0.2) is 0 Å². The second-order valence-corrected chi connectivity index (χ2v) is 8.40. The van der Waals surface area contributed by atoms with Crippen molar-refractivity contribution >= 4 is 17.5 Å². The van der Waals surface area contributed by atoms with E-state index in [4.69, 9.17) is 10.5 Å². The Hall–Kier alpha value is -1.89. The number of unbranched alkanes of at least 4 members (excludes halogenated alkanes) is 2. The lowest BCUT2D eigenvalue weighted by Crippen LogP contribution is -2.35. The summed E-state index contributed by atoms with van der Waals surface area (Å²) >= 11 is 0. The number of aromatic nitrogens is 2. The van der Waals surface area contributed by atoms with Gasteiger partial charge in [-0.1, -0.05) is 26.7 Å². The first-order valence-corrected chi connectivity index (χ1v) is 11.4. The lowest BCUT2D eigenvalue weighted by atomic mass is 9.92. The minimum absolute atomic E-state index is 0.0705. The largest absolute Gasteiger partial charge is 0.463 e. The molecule has 2 aliphatic rings. The van der Waals surface area contributed by atoms with Gasteiger partial charge in [0.15, 0.2) is 0 Å². The van der Waals surface area contributed by atoms with Crippen LogP contribution in [-0.4, -0.2) is 53.6 Å². The maximum Gasteiger partial charge on any atom is 0.320 e. The molecule has 1 amide bonds. The number of anilines is 2. The predicted octanol–water partition coefficient (Wildman–Crippen LogP) is 3.42. The van der Waals surface area contributed by atoms with Crippen LogP contribution in [0.5, 0.6) is 6.01 Å². The number of carbonyl (C=O) groups excluding carboxylic acids is 1. The van der Waals surface area contributed by atoms with Crippen LogP contribution in [-0.2, 0) is 11.2 Å². The average Bonchev–Trinajstić information content (AvgIpc) is 3.04. The van der Waals surface area contributed by atoms with Crippen LogP contribution in [0.15, 0.2) is 0 Å². The smallest absolute Gasteiger partial charge is 0.320 e. The minimum atomic E-state index is 0.0705. The van der Waals surface area contributed by atoms with Gasteiger partial charge in [-0.05, 0) is 64.1 Å². The van der Waals surface area contributed by atoms with E-state index in [2.05, 4.69) is 28.7 Å². The Bertz CT molecular complexity index is 673. The van der Waals surface area contributed by atoms with Crippen molar-refractivity contribution in [3.8, 4) is 6.01 Å². The van der Waals surface area contributed by atoms with Gasteiger partial charge >= 0.3 is 6.01 Å². The van der Waals surface area contributed by atoms with E-state index >= 15 is 0 Å². The number of nitrogens with zero attached hydrogens (tertiary/aromatic N) is 4. The average molecular weight is 404 g/mol. The van der Waals surface area contributed by atoms with Crippen molar-refractivity contribution in [3.63, 3.8) is 0 Å². The number of likely N-dealkylation sites (tertiary alicyclic amines) is 1. The molecule has 162 valence electrons. The highest BCUT2D eigenvalue weighted by atomic mass is 16.5. The third-order valence-corrected chi connectivity index (χ3v) is 6.14. The summed E-state index contributed by atoms with van der Waals surface area (Å²) in [5.41, 5.74) is 6.83. The van der Waals surface area contributed by atoms with Gasteiger partial charge in [-0.15, -0.1) is 0 Å². The highest BCUT2D eigenvalue weighted by Crippen LogP contribution is 2.33. The molecule has 2 N–H and O–H groups in total. The van der Waals surface area contributed by atoms with Crippen molar-refractivity contribution in [3.05, 3.63) is 5.56 Å². The number of piperidine rings is 1. The number of carbonyl (C=O) groups is 1. The molecule has 0 aromatic carbocycles. The van der Waals surface area contributed by atoms with Gasteiger partial charge in [-0.2, -0.15) is 9.97 Å². The van der Waals surface area contributed by atoms with Crippen molar-refractivity contribution in [1.29, 1.82) is 0 Å². The number of amides is 1. The number of nitrogen functional groups attached to an aromatic ring is 1. The van der Waals surface area contributed by atoms with Gasteiger partial charge in [-0.3, -0.25) is 9.69 Å². The molecule has 0 radical (unpaired) electrons. The predicted molar refractivity (Wildman–Crippen MR) is 116 cm³/mol. The molecule has 0 saturated carbocycles. The van der Waals surface area contributed by atoms with E-state index in [1.165, 1.54) is 51.7 Å². The van der Waals surface area contributed by atoms with E-state index in [0.29, 0.717) is 31.2 Å². The van der Waals surface area contributed by atoms with Crippen LogP contribution in [0.2, 0.25) is 0 Å². The van der Waals surface area contributed by atoms with Crippen molar-refractivity contribution in [2.75, 3.05) is 43.4 Å². The van der Waals surface area contributed by atoms with Crippen LogP contribution in [0.3, 0.4) is 0 Å². The van der Waals surface area contributed by atoms with E-state index < -0.39 is 0 Å². The summed E-state index contributed by atoms with van der Waals surface area (Å²) < 4.78 is 5.63. The molecule has 0 spiro atoms. The molecule has 0 bridgehead atoms. The van der Waals surface area contributed by atoms with Gasteiger partial charge < -0.3 is 15.4 Å². The highest BCUT2D eigenvalue weighted by Gasteiger charge is 2.32. The fourth-order valence-electron chi connectivity index (χ4n) is 4.25. The van der Waals surface area contributed by atoms with E-state index in [0.717, 1.165) is 30.7 Å². The number of hydrogen-bond acceptors (Lipinski definition) is 6. The van der Waals surface area contributed by atoms with E-state index in [9.17, 15) is 4.79 Å². The lowest BCUT2D eigenvalue weighted by Gasteiger charge is -2.32. The second-order valence-electron chi connectivity index (χ2n) is 8.40. The molecule has 7 nitrogen and oxygen atoms in total. The topological polar surface area (TPSA) is 84.6 Å². The number of hydrogen-bond donors (Lipinski definition) is 1. The second kappa shape index (κ2) is 10.8. The normalized spacial score (nSPS) is 17.7. The quantitative estimate of drug-likeness (QED) is 0.570. The number of rotatable bonds is 11. The van der Waals surface area contributed by atoms with Crippen LogP contribution in [0, 0.1) is 5.92 Å². The van der Waals surface area contributed by atoms with Crippen molar-refractivity contribution in [2.45, 2.75) is 71.6 Å². The summed E-state index contributed by atoms with van der Waals surface area (Å²) in [6.07, 6.45) is 9.58. The molecule has 3 heterocycles. The Morgan fingerprint density at radius 1 is 1.07 bits per heavy atom. The third kappa shape index (κ3) is 5.81. The molecule has 7 heteroatoms. The molecular weight excluding hydrogens is 366 g/mol. The van der Waals surface area contributed by atoms with Gasteiger partial charge in [0.1, 0.15) is 11.6 Å². The maximum absolute atomic E-state index is 12.5. The van der Waals surface area contributed by atoms with Crippen LogP contribution in [0.4, 0.5) is 11.6 Å². The van der Waals surface area contributed by atoms with Crippen molar-refractivity contribution in [1.82, 2.24) is 14.9 Å². The SMILES string of the molecule is CCCCOc1nc(N)c2c(n1)N(CCCC1CCN(CCCC)CC1)C(=O)C2. The Balaban J connectivity index is 1.50. The van der Waals surface area contributed by atoms with Crippen LogP contribution in [0.25, 0.3) is 0 Å². The zero-order valence-corrected chi connectivity index (χ0v) is 18.2. The Morgan fingerprint density at radius 2 is 1.83 bits per heavy atom. The summed E-state index contributed by atoms with van der Waals surface area (Å²) in [6.45, 7) is 9.31. The fraction of sp³-hybridized carbons (Fsp3) is 0.773. The first-order chi connectivity index (χ1) is 14.1. The molecule has 1 saturated heterocycles. The fourth-order valence-corrected chi connectivity index (χ4v) is 4.25. The van der Waals surface area contributed by atoms with Crippen LogP contribution < -0.4 is 15.4 Å². The summed E-state index contributed by atoms with van der Waals surface area (Å²) in [5.74, 6) is 1.87. The summed E-state index contributed by atoms with van der Waals surface area (Å²) in [5, 5.41) is 0. The minimum Gasteiger partial charge on any atom is -0.463 e. The van der Waals surface area contributed by atoms with Crippen LogP contribution >= 0.6 is 0 Å². The highest BCUT2D eigenvalue weighted by molar-refractivity contribution is 6.01. The zero-order valence-electron chi connectivity index (χ0n) is 18.2.